The van der Waals surface area contributed by atoms with Gasteiger partial charge in [0.1, 0.15) is 0 Å². The van der Waals surface area contributed by atoms with Crippen LogP contribution in [0.4, 0.5) is 10.5 Å². The predicted octanol–water partition coefficient (Wildman–Crippen LogP) is 3.59. The first-order chi connectivity index (χ1) is 8.71. The monoisotopic (exact) mass is 392 g/mol. The smallest absolute Gasteiger partial charge is 0.319 e. The Morgan fingerprint density at radius 3 is 2.26 bits per heavy atom. The van der Waals surface area contributed by atoms with Crippen LogP contribution in [0.25, 0.3) is 0 Å². The molecule has 0 aliphatic carbocycles. The summed E-state index contributed by atoms with van der Waals surface area (Å²) in [4.78, 5) is 22.5. The van der Waals surface area contributed by atoms with Crippen LogP contribution in [0.5, 0.6) is 0 Å². The zero-order valence-electron chi connectivity index (χ0n) is 10.5. The molecule has 3 N–H and O–H groups in total. The summed E-state index contributed by atoms with van der Waals surface area (Å²) in [7, 11) is 0. The molecule has 0 saturated carbocycles. The lowest BCUT2D eigenvalue weighted by atomic mass is 10.0. The van der Waals surface area contributed by atoms with Crippen molar-refractivity contribution in [1.29, 1.82) is 0 Å². The minimum Gasteiger partial charge on any atom is -0.481 e. The Hall–Kier alpha value is -1.08. The standard InChI is InChI=1S/C12H14Br2N2O3/c1-12(2,6-9(17)18)16-11(19)15-10-7(13)4-3-5-8(10)14/h3-5H,6H2,1-2H3,(H,17,18)(H2,15,16,19). The summed E-state index contributed by atoms with van der Waals surface area (Å²) < 4.78 is 1.46. The first kappa shape index (κ1) is 16.0. The van der Waals surface area contributed by atoms with Crippen LogP contribution in [0.1, 0.15) is 20.3 Å². The van der Waals surface area contributed by atoms with E-state index in [0.717, 1.165) is 8.95 Å². The SMILES string of the molecule is CC(C)(CC(=O)O)NC(=O)Nc1c(Br)cccc1Br. The second-order valence-electron chi connectivity index (χ2n) is 4.63. The van der Waals surface area contributed by atoms with Crippen molar-refractivity contribution >= 4 is 49.5 Å². The maximum Gasteiger partial charge on any atom is 0.319 e. The average Bonchev–Trinajstić information content (AvgIpc) is 2.20. The highest BCUT2D eigenvalue weighted by Gasteiger charge is 2.24. The third-order valence-corrected chi connectivity index (χ3v) is 3.57. The van der Waals surface area contributed by atoms with Gasteiger partial charge in [0, 0.05) is 14.5 Å². The highest BCUT2D eigenvalue weighted by molar-refractivity contribution is 9.11. The number of carbonyl (C=O) groups is 2. The van der Waals surface area contributed by atoms with Crippen molar-refractivity contribution in [2.24, 2.45) is 0 Å². The minimum absolute atomic E-state index is 0.155. The summed E-state index contributed by atoms with van der Waals surface area (Å²) in [6, 6.07) is 4.95. The van der Waals surface area contributed by atoms with Crippen molar-refractivity contribution in [3.63, 3.8) is 0 Å². The van der Waals surface area contributed by atoms with Crippen LogP contribution in [-0.2, 0) is 4.79 Å². The zero-order valence-corrected chi connectivity index (χ0v) is 13.6. The Kier molecular flexibility index (Phi) is 5.37. The number of rotatable bonds is 4. The molecule has 0 spiro atoms. The normalized spacial score (nSPS) is 10.9. The third-order valence-electron chi connectivity index (χ3n) is 2.25. The molecule has 0 aliphatic heterocycles. The molecule has 0 radical (unpaired) electrons. The van der Waals surface area contributed by atoms with Crippen LogP contribution in [0.15, 0.2) is 27.1 Å². The number of benzene rings is 1. The lowest BCUT2D eigenvalue weighted by molar-refractivity contribution is -0.138. The molecule has 1 aromatic rings. The number of amides is 2. The maximum absolute atomic E-state index is 11.9. The molecule has 0 unspecified atom stereocenters. The van der Waals surface area contributed by atoms with Gasteiger partial charge >= 0.3 is 12.0 Å². The maximum atomic E-state index is 11.9. The number of aliphatic carboxylic acids is 1. The molecular weight excluding hydrogens is 380 g/mol. The van der Waals surface area contributed by atoms with Gasteiger partial charge in [0.05, 0.1) is 12.1 Å². The number of hydrogen-bond acceptors (Lipinski definition) is 2. The number of halogens is 2. The van der Waals surface area contributed by atoms with Crippen LogP contribution in [0, 0.1) is 0 Å². The Morgan fingerprint density at radius 2 is 1.79 bits per heavy atom. The molecule has 0 saturated heterocycles. The summed E-state index contributed by atoms with van der Waals surface area (Å²) in [5, 5.41) is 14.0. The van der Waals surface area contributed by atoms with Gasteiger partial charge in [-0.25, -0.2) is 4.79 Å². The lowest BCUT2D eigenvalue weighted by Gasteiger charge is -2.24. The Labute approximate surface area is 128 Å². The minimum atomic E-state index is -0.965. The Bertz CT molecular complexity index is 483. The van der Waals surface area contributed by atoms with Crippen molar-refractivity contribution in [3.05, 3.63) is 27.1 Å². The van der Waals surface area contributed by atoms with E-state index in [-0.39, 0.29) is 6.42 Å². The fourth-order valence-corrected chi connectivity index (χ4v) is 2.69. The van der Waals surface area contributed by atoms with E-state index in [2.05, 4.69) is 42.5 Å². The highest BCUT2D eigenvalue weighted by Crippen LogP contribution is 2.30. The fourth-order valence-electron chi connectivity index (χ4n) is 1.49. The Morgan fingerprint density at radius 1 is 1.26 bits per heavy atom. The molecule has 0 aromatic heterocycles. The van der Waals surface area contributed by atoms with Crippen LogP contribution >= 0.6 is 31.9 Å². The van der Waals surface area contributed by atoms with Crippen molar-refractivity contribution in [2.75, 3.05) is 5.32 Å². The van der Waals surface area contributed by atoms with Gasteiger partial charge < -0.3 is 15.7 Å². The van der Waals surface area contributed by atoms with Gasteiger partial charge in [0.15, 0.2) is 0 Å². The third kappa shape index (κ3) is 5.20. The molecule has 1 aromatic carbocycles. The van der Waals surface area contributed by atoms with Gasteiger partial charge in [0.2, 0.25) is 0 Å². The van der Waals surface area contributed by atoms with Gasteiger partial charge in [-0.05, 0) is 57.8 Å². The van der Waals surface area contributed by atoms with Crippen LogP contribution in [-0.4, -0.2) is 22.6 Å². The van der Waals surface area contributed by atoms with E-state index in [1.807, 2.05) is 6.07 Å². The van der Waals surface area contributed by atoms with E-state index < -0.39 is 17.5 Å². The van der Waals surface area contributed by atoms with Gasteiger partial charge in [-0.15, -0.1) is 0 Å². The molecule has 0 heterocycles. The summed E-state index contributed by atoms with van der Waals surface area (Å²) >= 11 is 6.66. The molecule has 7 heteroatoms. The summed E-state index contributed by atoms with van der Waals surface area (Å²) in [6.45, 7) is 3.30. The van der Waals surface area contributed by atoms with Crippen molar-refractivity contribution in [1.82, 2.24) is 5.32 Å². The number of para-hydroxylation sites is 1. The number of anilines is 1. The largest absolute Gasteiger partial charge is 0.481 e. The number of hydrogen-bond donors (Lipinski definition) is 3. The van der Waals surface area contributed by atoms with Crippen molar-refractivity contribution in [3.8, 4) is 0 Å². The molecular formula is C12H14Br2N2O3. The number of nitrogens with one attached hydrogen (secondary N) is 2. The molecule has 0 fully saturated rings. The number of carboxylic acids is 1. The van der Waals surface area contributed by atoms with Gasteiger partial charge in [-0.1, -0.05) is 6.07 Å². The summed E-state index contributed by atoms with van der Waals surface area (Å²) in [6.07, 6.45) is -0.155. The molecule has 5 nitrogen and oxygen atoms in total. The molecule has 0 atom stereocenters. The number of carboxylic acid groups (broad SMARTS) is 1. The van der Waals surface area contributed by atoms with Gasteiger partial charge in [0.25, 0.3) is 0 Å². The average molecular weight is 394 g/mol. The van der Waals surface area contributed by atoms with Gasteiger partial charge in [-0.2, -0.15) is 0 Å². The summed E-state index contributed by atoms with van der Waals surface area (Å²) in [5.41, 5.74) is -0.241. The lowest BCUT2D eigenvalue weighted by Crippen LogP contribution is -2.46. The van der Waals surface area contributed by atoms with E-state index in [4.69, 9.17) is 5.11 Å². The highest BCUT2D eigenvalue weighted by atomic mass is 79.9. The second-order valence-corrected chi connectivity index (χ2v) is 6.34. The molecule has 0 aliphatic rings. The fraction of sp³-hybridized carbons (Fsp3) is 0.333. The second kappa shape index (κ2) is 6.38. The van der Waals surface area contributed by atoms with E-state index >= 15 is 0 Å². The van der Waals surface area contributed by atoms with Crippen LogP contribution in [0.3, 0.4) is 0 Å². The first-order valence-corrected chi connectivity index (χ1v) is 7.05. The van der Waals surface area contributed by atoms with E-state index in [0.29, 0.717) is 5.69 Å². The Balaban J connectivity index is 2.73. The number of carbonyl (C=O) groups excluding carboxylic acids is 1. The zero-order chi connectivity index (χ0) is 14.6. The summed E-state index contributed by atoms with van der Waals surface area (Å²) in [5.74, 6) is -0.965. The van der Waals surface area contributed by atoms with Crippen molar-refractivity contribution < 1.29 is 14.7 Å². The quantitative estimate of drug-likeness (QED) is 0.731. The molecule has 19 heavy (non-hydrogen) atoms. The number of urea groups is 1. The van der Waals surface area contributed by atoms with Crippen molar-refractivity contribution in [2.45, 2.75) is 25.8 Å². The van der Waals surface area contributed by atoms with Gasteiger partial charge in [-0.3, -0.25) is 4.79 Å². The topological polar surface area (TPSA) is 78.4 Å². The molecule has 1 rings (SSSR count). The van der Waals surface area contributed by atoms with E-state index in [1.54, 1.807) is 26.0 Å². The molecule has 0 bridgehead atoms. The van der Waals surface area contributed by atoms with E-state index in [1.165, 1.54) is 0 Å². The molecule has 2 amide bonds. The van der Waals surface area contributed by atoms with Crippen LogP contribution < -0.4 is 10.6 Å². The van der Waals surface area contributed by atoms with E-state index in [9.17, 15) is 9.59 Å². The first-order valence-electron chi connectivity index (χ1n) is 5.46. The predicted molar refractivity (Wildman–Crippen MR) is 80.3 cm³/mol. The van der Waals surface area contributed by atoms with Crippen LogP contribution in [0.2, 0.25) is 0 Å². The molecule has 104 valence electrons.